The average molecular weight is 172 g/mol. The zero-order chi connectivity index (χ0) is 7.56. The molecule has 1 rings (SSSR count). The van der Waals surface area contributed by atoms with Gasteiger partial charge in [0.25, 0.3) is 0 Å². The van der Waals surface area contributed by atoms with Crippen LogP contribution < -0.4 is 0 Å². The molecule has 0 saturated heterocycles. The van der Waals surface area contributed by atoms with Crippen molar-refractivity contribution in [2.45, 2.75) is 12.2 Å². The molecule has 1 nitrogen and oxygen atoms in total. The summed E-state index contributed by atoms with van der Waals surface area (Å²) in [5, 5.41) is 1.72. The smallest absolute Gasteiger partial charge is 0.147 e. The minimum atomic E-state index is -0.222. The van der Waals surface area contributed by atoms with Gasteiger partial charge in [-0.1, -0.05) is 6.07 Å². The van der Waals surface area contributed by atoms with Crippen LogP contribution in [-0.4, -0.2) is 5.78 Å². The molecule has 0 spiro atoms. The van der Waals surface area contributed by atoms with Crippen LogP contribution in [0.5, 0.6) is 0 Å². The van der Waals surface area contributed by atoms with E-state index in [0.717, 1.165) is 4.88 Å². The van der Waals surface area contributed by atoms with E-state index in [4.69, 9.17) is 0 Å². The highest BCUT2D eigenvalue weighted by molar-refractivity contribution is 7.81. The maximum absolute atomic E-state index is 10.8. The lowest BCUT2D eigenvalue weighted by molar-refractivity contribution is -0.116. The zero-order valence-electron chi connectivity index (χ0n) is 5.57. The van der Waals surface area contributed by atoms with Crippen molar-refractivity contribution in [2.75, 3.05) is 0 Å². The van der Waals surface area contributed by atoms with Crippen molar-refractivity contribution in [3.63, 3.8) is 0 Å². The van der Waals surface area contributed by atoms with Gasteiger partial charge in [-0.15, -0.1) is 11.3 Å². The van der Waals surface area contributed by atoms with Crippen molar-refractivity contribution in [1.82, 2.24) is 0 Å². The minimum Gasteiger partial charge on any atom is -0.298 e. The van der Waals surface area contributed by atoms with E-state index in [0.29, 0.717) is 0 Å². The fourth-order valence-electron chi connectivity index (χ4n) is 0.647. The van der Waals surface area contributed by atoms with E-state index >= 15 is 0 Å². The quantitative estimate of drug-likeness (QED) is 0.677. The Morgan fingerprint density at radius 2 is 2.50 bits per heavy atom. The molecule has 0 bridgehead atoms. The Morgan fingerprint density at radius 1 is 1.80 bits per heavy atom. The summed E-state index contributed by atoms with van der Waals surface area (Å²) < 4.78 is 0. The molecule has 1 atom stereocenters. The van der Waals surface area contributed by atoms with Crippen molar-refractivity contribution in [3.05, 3.63) is 22.4 Å². The maximum Gasteiger partial charge on any atom is 0.147 e. The predicted octanol–water partition coefficient (Wildman–Crippen LogP) is 2.31. The largest absolute Gasteiger partial charge is 0.298 e. The zero-order valence-corrected chi connectivity index (χ0v) is 7.28. The fourth-order valence-corrected chi connectivity index (χ4v) is 1.68. The van der Waals surface area contributed by atoms with Crippen molar-refractivity contribution in [3.8, 4) is 0 Å². The van der Waals surface area contributed by atoms with Gasteiger partial charge in [0.05, 0.1) is 5.25 Å². The molecule has 1 aromatic heterocycles. The van der Waals surface area contributed by atoms with Gasteiger partial charge in [0, 0.05) is 4.88 Å². The van der Waals surface area contributed by atoms with E-state index in [9.17, 15) is 4.79 Å². The van der Waals surface area contributed by atoms with Crippen LogP contribution in [0.4, 0.5) is 0 Å². The molecule has 10 heavy (non-hydrogen) atoms. The molecule has 1 aromatic rings. The van der Waals surface area contributed by atoms with Gasteiger partial charge in [0.15, 0.2) is 0 Å². The summed E-state index contributed by atoms with van der Waals surface area (Å²) in [6.07, 6.45) is 0. The highest BCUT2D eigenvalue weighted by Gasteiger charge is 2.11. The Labute approximate surface area is 69.5 Å². The van der Waals surface area contributed by atoms with Gasteiger partial charge in [-0.2, -0.15) is 12.6 Å². The van der Waals surface area contributed by atoms with Gasteiger partial charge in [-0.25, -0.2) is 0 Å². The summed E-state index contributed by atoms with van der Waals surface area (Å²) in [5.41, 5.74) is 0. The maximum atomic E-state index is 10.8. The average Bonchev–Trinajstić information content (AvgIpc) is 2.36. The second-order valence-corrected chi connectivity index (χ2v) is 3.52. The molecule has 0 fully saturated rings. The van der Waals surface area contributed by atoms with E-state index in [-0.39, 0.29) is 11.0 Å². The van der Waals surface area contributed by atoms with E-state index in [1.54, 1.807) is 18.3 Å². The molecule has 0 aliphatic rings. The molecule has 0 aliphatic heterocycles. The van der Waals surface area contributed by atoms with E-state index in [2.05, 4.69) is 12.6 Å². The Balaban J connectivity index is 2.77. The van der Waals surface area contributed by atoms with Crippen LogP contribution in [0.25, 0.3) is 0 Å². The van der Waals surface area contributed by atoms with Crippen molar-refractivity contribution < 1.29 is 4.79 Å². The summed E-state index contributed by atoms with van der Waals surface area (Å²) in [4.78, 5) is 11.8. The van der Waals surface area contributed by atoms with Crippen LogP contribution >= 0.6 is 24.0 Å². The first-order chi connectivity index (χ1) is 4.72. The van der Waals surface area contributed by atoms with Crippen LogP contribution in [-0.2, 0) is 4.79 Å². The molecule has 54 valence electrons. The summed E-state index contributed by atoms with van der Waals surface area (Å²) in [6.45, 7) is 1.55. The predicted molar refractivity (Wildman–Crippen MR) is 46.7 cm³/mol. The third-order valence-electron chi connectivity index (χ3n) is 1.20. The van der Waals surface area contributed by atoms with Crippen molar-refractivity contribution in [2.24, 2.45) is 0 Å². The highest BCUT2D eigenvalue weighted by Crippen LogP contribution is 2.24. The number of hydrogen-bond donors (Lipinski definition) is 1. The third-order valence-corrected chi connectivity index (χ3v) is 2.95. The topological polar surface area (TPSA) is 17.1 Å². The Bertz CT molecular complexity index is 216. The van der Waals surface area contributed by atoms with Gasteiger partial charge < -0.3 is 0 Å². The summed E-state index contributed by atoms with van der Waals surface area (Å²) >= 11 is 5.70. The molecule has 3 heteroatoms. The second kappa shape index (κ2) is 3.21. The second-order valence-electron chi connectivity index (χ2n) is 2.03. The lowest BCUT2D eigenvalue weighted by Gasteiger charge is -2.00. The van der Waals surface area contributed by atoms with Crippen LogP contribution in [0.2, 0.25) is 0 Å². The first-order valence-corrected chi connectivity index (χ1v) is 4.33. The van der Waals surface area contributed by atoms with E-state index in [1.165, 1.54) is 0 Å². The van der Waals surface area contributed by atoms with Gasteiger partial charge in [-0.3, -0.25) is 4.79 Å². The number of carbonyl (C=O) groups excluding carboxylic acids is 1. The molecule has 0 aromatic carbocycles. The number of Topliss-reactive ketones (excluding diaryl/α,β-unsaturated/α-hetero) is 1. The van der Waals surface area contributed by atoms with Crippen LogP contribution in [0.15, 0.2) is 17.5 Å². The third kappa shape index (κ3) is 1.61. The van der Waals surface area contributed by atoms with Crippen molar-refractivity contribution >= 4 is 29.7 Å². The first-order valence-electron chi connectivity index (χ1n) is 2.93. The minimum absolute atomic E-state index is 0.103. The number of ketones is 1. The normalized spacial score (nSPS) is 13.0. The molecule has 1 heterocycles. The van der Waals surface area contributed by atoms with Gasteiger partial charge in [-0.05, 0) is 18.4 Å². The molecule has 1 unspecified atom stereocenters. The summed E-state index contributed by atoms with van der Waals surface area (Å²) in [7, 11) is 0. The van der Waals surface area contributed by atoms with Gasteiger partial charge >= 0.3 is 0 Å². The molecular weight excluding hydrogens is 164 g/mol. The highest BCUT2D eigenvalue weighted by atomic mass is 32.1. The SMILES string of the molecule is CC(=O)C(S)c1cccs1. The Kier molecular flexibility index (Phi) is 2.51. The number of rotatable bonds is 2. The molecule has 0 aliphatic carbocycles. The molecule has 0 saturated carbocycles. The molecule has 0 radical (unpaired) electrons. The van der Waals surface area contributed by atoms with Crippen molar-refractivity contribution in [1.29, 1.82) is 0 Å². The number of carbonyl (C=O) groups is 1. The van der Waals surface area contributed by atoms with Crippen LogP contribution in [0, 0.1) is 0 Å². The van der Waals surface area contributed by atoms with Gasteiger partial charge in [0.1, 0.15) is 5.78 Å². The number of hydrogen-bond acceptors (Lipinski definition) is 3. The fraction of sp³-hybridized carbons (Fsp3) is 0.286. The molecule has 0 amide bonds. The Hall–Kier alpha value is -0.280. The van der Waals surface area contributed by atoms with E-state index in [1.807, 2.05) is 17.5 Å². The number of thiophene rings is 1. The Morgan fingerprint density at radius 3 is 2.90 bits per heavy atom. The summed E-state index contributed by atoms with van der Waals surface area (Å²) in [6, 6.07) is 3.84. The molecule has 0 N–H and O–H groups in total. The number of thiol groups is 1. The van der Waals surface area contributed by atoms with Gasteiger partial charge in [0.2, 0.25) is 0 Å². The lowest BCUT2D eigenvalue weighted by atomic mass is 10.2. The summed E-state index contributed by atoms with van der Waals surface area (Å²) in [5.74, 6) is 0.103. The molecular formula is C7H8OS2. The van der Waals surface area contributed by atoms with Crippen LogP contribution in [0.3, 0.4) is 0 Å². The first kappa shape index (κ1) is 7.82. The standard InChI is InChI=1S/C7H8OS2/c1-5(8)7(9)6-3-2-4-10-6/h2-4,7,9H,1H3. The monoisotopic (exact) mass is 172 g/mol. The van der Waals surface area contributed by atoms with Crippen LogP contribution in [0.1, 0.15) is 17.1 Å². The lowest BCUT2D eigenvalue weighted by Crippen LogP contribution is -1.98. The van der Waals surface area contributed by atoms with E-state index < -0.39 is 0 Å².